The Bertz CT molecular complexity index is 1080. The highest BCUT2D eigenvalue weighted by atomic mass is 19.4. The van der Waals surface area contributed by atoms with Gasteiger partial charge in [0.2, 0.25) is 0 Å². The molecule has 2 aromatic rings. The van der Waals surface area contributed by atoms with Gasteiger partial charge in [0, 0.05) is 0 Å². The molecular formula is C21H16F3NO6. The van der Waals surface area contributed by atoms with Crippen LogP contribution in [0.1, 0.15) is 60.8 Å². The molecule has 0 bridgehead atoms. The molecule has 10 heteroatoms. The standard InChI is InChI=1S/C21H16F3NO6/c1-3-30-19(28)11-9-14-16(15(10-11)20(29)31-4-2)18(27)25(17(14)26)13-7-5-12(6-8-13)21(22,23)24/h5-10H,3-4H2,1-2H3. The summed E-state index contributed by atoms with van der Waals surface area (Å²) in [5.74, 6) is -3.56. The molecule has 162 valence electrons. The summed E-state index contributed by atoms with van der Waals surface area (Å²) >= 11 is 0. The maximum absolute atomic E-state index is 13.0. The highest BCUT2D eigenvalue weighted by molar-refractivity contribution is 6.36. The van der Waals surface area contributed by atoms with Gasteiger partial charge in [-0.2, -0.15) is 13.2 Å². The molecule has 1 aliphatic rings. The van der Waals surface area contributed by atoms with Crippen LogP contribution in [0.5, 0.6) is 0 Å². The highest BCUT2D eigenvalue weighted by Crippen LogP contribution is 2.35. The molecule has 0 unspecified atom stereocenters. The van der Waals surface area contributed by atoms with Crippen molar-refractivity contribution in [2.45, 2.75) is 20.0 Å². The third kappa shape index (κ3) is 4.00. The van der Waals surface area contributed by atoms with Crippen molar-refractivity contribution in [1.29, 1.82) is 0 Å². The van der Waals surface area contributed by atoms with Gasteiger partial charge in [-0.25, -0.2) is 14.5 Å². The lowest BCUT2D eigenvalue weighted by molar-refractivity contribution is -0.137. The predicted molar refractivity (Wildman–Crippen MR) is 101 cm³/mol. The van der Waals surface area contributed by atoms with E-state index < -0.39 is 35.5 Å². The molecule has 0 fully saturated rings. The van der Waals surface area contributed by atoms with Crippen molar-refractivity contribution < 1.29 is 41.8 Å². The number of rotatable bonds is 5. The van der Waals surface area contributed by atoms with Crippen molar-refractivity contribution in [1.82, 2.24) is 0 Å². The normalized spacial score (nSPS) is 13.3. The molecule has 1 heterocycles. The second-order valence-electron chi connectivity index (χ2n) is 6.38. The molecule has 3 rings (SSSR count). The molecule has 2 amide bonds. The fraction of sp³-hybridized carbons (Fsp3) is 0.238. The van der Waals surface area contributed by atoms with Crippen LogP contribution in [0, 0.1) is 0 Å². The molecule has 1 aliphatic heterocycles. The van der Waals surface area contributed by atoms with E-state index in [1.165, 1.54) is 6.92 Å². The van der Waals surface area contributed by atoms with Gasteiger partial charge in [-0.1, -0.05) is 0 Å². The number of halogens is 3. The topological polar surface area (TPSA) is 90.0 Å². The van der Waals surface area contributed by atoms with Crippen LogP contribution < -0.4 is 4.90 Å². The summed E-state index contributed by atoms with van der Waals surface area (Å²) in [5, 5.41) is 0. The minimum atomic E-state index is -4.59. The van der Waals surface area contributed by atoms with Gasteiger partial charge < -0.3 is 9.47 Å². The number of benzene rings is 2. The lowest BCUT2D eigenvalue weighted by atomic mass is 9.99. The molecule has 31 heavy (non-hydrogen) atoms. The average Bonchev–Trinajstić information content (AvgIpc) is 2.97. The number of fused-ring (bicyclic) bond motifs is 1. The van der Waals surface area contributed by atoms with Crippen molar-refractivity contribution in [3.8, 4) is 0 Å². The van der Waals surface area contributed by atoms with Gasteiger partial charge in [-0.05, 0) is 50.2 Å². The van der Waals surface area contributed by atoms with E-state index in [-0.39, 0.29) is 41.2 Å². The number of hydrogen-bond donors (Lipinski definition) is 0. The summed E-state index contributed by atoms with van der Waals surface area (Å²) in [5.41, 5.74) is -2.07. The van der Waals surface area contributed by atoms with Crippen molar-refractivity contribution in [2.24, 2.45) is 0 Å². The van der Waals surface area contributed by atoms with Crippen LogP contribution in [0.15, 0.2) is 36.4 Å². The van der Waals surface area contributed by atoms with E-state index in [9.17, 15) is 32.3 Å². The first kappa shape index (κ1) is 22.0. The van der Waals surface area contributed by atoms with Crippen LogP contribution in [0.25, 0.3) is 0 Å². The second-order valence-corrected chi connectivity index (χ2v) is 6.38. The lowest BCUT2D eigenvalue weighted by Crippen LogP contribution is -2.29. The molecule has 0 spiro atoms. The summed E-state index contributed by atoms with van der Waals surface area (Å²) in [7, 11) is 0. The van der Waals surface area contributed by atoms with E-state index in [0.717, 1.165) is 36.4 Å². The first-order valence-electron chi connectivity index (χ1n) is 9.18. The zero-order chi connectivity index (χ0) is 22.9. The Morgan fingerprint density at radius 2 is 1.48 bits per heavy atom. The van der Waals surface area contributed by atoms with E-state index in [0.29, 0.717) is 4.90 Å². The Hall–Kier alpha value is -3.69. The summed E-state index contributed by atoms with van der Waals surface area (Å²) in [4.78, 5) is 51.1. The molecule has 7 nitrogen and oxygen atoms in total. The monoisotopic (exact) mass is 435 g/mol. The van der Waals surface area contributed by atoms with E-state index in [4.69, 9.17) is 9.47 Å². The van der Waals surface area contributed by atoms with Crippen molar-refractivity contribution >= 4 is 29.4 Å². The Labute approximate surface area is 174 Å². The molecule has 0 atom stereocenters. The number of alkyl halides is 3. The zero-order valence-electron chi connectivity index (χ0n) is 16.4. The lowest BCUT2D eigenvalue weighted by Gasteiger charge is -2.15. The molecular weight excluding hydrogens is 419 g/mol. The first-order valence-corrected chi connectivity index (χ1v) is 9.18. The number of carbonyl (C=O) groups excluding carboxylic acids is 4. The van der Waals surface area contributed by atoms with Crippen molar-refractivity contribution in [3.05, 3.63) is 64.2 Å². The zero-order valence-corrected chi connectivity index (χ0v) is 16.4. The number of nitrogens with zero attached hydrogens (tertiary/aromatic N) is 1. The second kappa shape index (κ2) is 8.21. The number of imide groups is 1. The van der Waals surface area contributed by atoms with Gasteiger partial charge in [-0.3, -0.25) is 9.59 Å². The molecule has 2 aromatic carbocycles. The largest absolute Gasteiger partial charge is 0.462 e. The number of amides is 2. The Morgan fingerprint density at radius 1 is 0.903 bits per heavy atom. The maximum atomic E-state index is 13.0. The van der Waals surface area contributed by atoms with Crippen molar-refractivity contribution in [3.63, 3.8) is 0 Å². The van der Waals surface area contributed by atoms with Gasteiger partial charge >= 0.3 is 18.1 Å². The summed E-state index contributed by atoms with van der Waals surface area (Å²) < 4.78 is 48.3. The van der Waals surface area contributed by atoms with E-state index in [1.807, 2.05) is 0 Å². The third-order valence-corrected chi connectivity index (χ3v) is 4.45. The number of anilines is 1. The number of esters is 2. The molecule has 0 aromatic heterocycles. The summed E-state index contributed by atoms with van der Waals surface area (Å²) in [6.45, 7) is 3.12. The quantitative estimate of drug-likeness (QED) is 0.523. The smallest absolute Gasteiger partial charge is 0.416 e. The van der Waals surface area contributed by atoms with Crippen LogP contribution in [-0.4, -0.2) is 37.0 Å². The highest BCUT2D eigenvalue weighted by Gasteiger charge is 2.41. The molecule has 0 saturated carbocycles. The molecule has 0 radical (unpaired) electrons. The van der Waals surface area contributed by atoms with Crippen LogP contribution in [0.3, 0.4) is 0 Å². The SMILES string of the molecule is CCOC(=O)c1cc(C(=O)OCC)c2c(c1)C(=O)N(c1ccc(C(F)(F)F)cc1)C2=O. The first-order chi connectivity index (χ1) is 14.6. The fourth-order valence-corrected chi connectivity index (χ4v) is 3.10. The summed E-state index contributed by atoms with van der Waals surface area (Å²) in [6, 6.07) is 5.61. The molecule has 0 N–H and O–H groups in total. The Kier molecular flexibility index (Phi) is 5.83. The van der Waals surface area contributed by atoms with E-state index >= 15 is 0 Å². The van der Waals surface area contributed by atoms with Crippen LogP contribution in [0.4, 0.5) is 18.9 Å². The minimum Gasteiger partial charge on any atom is -0.462 e. The average molecular weight is 435 g/mol. The number of carbonyl (C=O) groups is 4. The van der Waals surface area contributed by atoms with E-state index in [1.54, 1.807) is 6.92 Å². The van der Waals surface area contributed by atoms with Crippen LogP contribution in [0.2, 0.25) is 0 Å². The Morgan fingerprint density at radius 3 is 2.03 bits per heavy atom. The molecule has 0 saturated heterocycles. The predicted octanol–water partition coefficient (Wildman–Crippen LogP) is 3.86. The number of ether oxygens (including phenoxy) is 2. The van der Waals surface area contributed by atoms with Gasteiger partial charge in [-0.15, -0.1) is 0 Å². The third-order valence-electron chi connectivity index (χ3n) is 4.45. The summed E-state index contributed by atoms with van der Waals surface area (Å²) in [6.07, 6.45) is -4.59. The van der Waals surface area contributed by atoms with Crippen molar-refractivity contribution in [2.75, 3.05) is 18.1 Å². The van der Waals surface area contributed by atoms with Gasteiger partial charge in [0.25, 0.3) is 11.8 Å². The maximum Gasteiger partial charge on any atom is 0.416 e. The van der Waals surface area contributed by atoms with Crippen LogP contribution >= 0.6 is 0 Å². The van der Waals surface area contributed by atoms with Crippen LogP contribution in [-0.2, 0) is 15.7 Å². The molecule has 0 aliphatic carbocycles. The fourth-order valence-electron chi connectivity index (χ4n) is 3.10. The minimum absolute atomic E-state index is 0.0258. The number of hydrogen-bond acceptors (Lipinski definition) is 6. The van der Waals surface area contributed by atoms with E-state index in [2.05, 4.69) is 0 Å². The van der Waals surface area contributed by atoms with Gasteiger partial charge in [0.1, 0.15) is 0 Å². The Balaban J connectivity index is 2.11. The van der Waals surface area contributed by atoms with Gasteiger partial charge in [0.05, 0.1) is 46.7 Å². The van der Waals surface area contributed by atoms with Gasteiger partial charge in [0.15, 0.2) is 0 Å².